The molecule has 2 aromatic carbocycles. The average Bonchev–Trinajstić information content (AvgIpc) is 2.79. The Bertz CT molecular complexity index is 1220. The van der Waals surface area contributed by atoms with Gasteiger partial charge in [-0.2, -0.15) is 0 Å². The zero-order valence-electron chi connectivity index (χ0n) is 21.0. The molecule has 0 aliphatic carbocycles. The monoisotopic (exact) mass is 450 g/mol. The van der Waals surface area contributed by atoms with E-state index in [1.165, 1.54) is 5.56 Å². The van der Waals surface area contributed by atoms with E-state index in [0.29, 0.717) is 0 Å². The molecule has 3 nitrogen and oxygen atoms in total. The summed E-state index contributed by atoms with van der Waals surface area (Å²) in [6, 6.07) is 28.7. The van der Waals surface area contributed by atoms with Crippen molar-refractivity contribution in [2.75, 3.05) is 0 Å². The lowest BCUT2D eigenvalue weighted by Gasteiger charge is -2.53. The minimum absolute atomic E-state index is 0.100. The van der Waals surface area contributed by atoms with Crippen LogP contribution < -0.4 is 4.74 Å². The Morgan fingerprint density at radius 2 is 1.21 bits per heavy atom. The summed E-state index contributed by atoms with van der Waals surface area (Å²) in [5, 5.41) is 0. The Morgan fingerprint density at radius 3 is 1.79 bits per heavy atom. The molecule has 0 N–H and O–H groups in total. The number of pyridine rings is 2. The molecule has 0 atom stereocenters. The first-order valence-corrected chi connectivity index (χ1v) is 11.8. The van der Waals surface area contributed by atoms with Gasteiger partial charge in [0.05, 0.1) is 11.4 Å². The van der Waals surface area contributed by atoms with E-state index in [1.54, 1.807) is 0 Å². The summed E-state index contributed by atoms with van der Waals surface area (Å²) in [6.07, 6.45) is 3.70. The fourth-order valence-electron chi connectivity index (χ4n) is 5.67. The Labute approximate surface area is 203 Å². The van der Waals surface area contributed by atoms with Crippen molar-refractivity contribution in [1.82, 2.24) is 9.97 Å². The molecule has 0 unspecified atom stereocenters. The van der Waals surface area contributed by atoms with Crippen LogP contribution in [0.2, 0.25) is 0 Å². The molecular weight excluding hydrogens is 416 g/mol. The topological polar surface area (TPSA) is 35.0 Å². The van der Waals surface area contributed by atoms with Gasteiger partial charge in [-0.15, -0.1) is 0 Å². The smallest absolute Gasteiger partial charge is 0.128 e. The van der Waals surface area contributed by atoms with E-state index in [-0.39, 0.29) is 16.2 Å². The van der Waals surface area contributed by atoms with Gasteiger partial charge in [-0.25, -0.2) is 0 Å². The van der Waals surface area contributed by atoms with Crippen molar-refractivity contribution in [1.29, 1.82) is 0 Å². The first-order valence-electron chi connectivity index (χ1n) is 11.8. The van der Waals surface area contributed by atoms with Gasteiger partial charge in [0.25, 0.3) is 0 Å². The second kappa shape index (κ2) is 9.06. The summed E-state index contributed by atoms with van der Waals surface area (Å²) >= 11 is 0. The Morgan fingerprint density at radius 1 is 0.588 bits per heavy atom. The molecule has 3 heteroatoms. The van der Waals surface area contributed by atoms with Gasteiger partial charge in [0.1, 0.15) is 11.5 Å². The lowest BCUT2D eigenvalue weighted by atomic mass is 9.49. The van der Waals surface area contributed by atoms with Gasteiger partial charge in [0.15, 0.2) is 0 Å². The van der Waals surface area contributed by atoms with Crippen molar-refractivity contribution in [2.45, 2.75) is 47.0 Å². The number of nitrogens with zero attached hydrogens (tertiary/aromatic N) is 2. The summed E-state index contributed by atoms with van der Waals surface area (Å²) < 4.78 is 6.39. The third-order valence-electron chi connectivity index (χ3n) is 6.60. The molecule has 0 aliphatic rings. The van der Waals surface area contributed by atoms with Gasteiger partial charge in [0.2, 0.25) is 0 Å². The first kappa shape index (κ1) is 23.7. The number of hydrogen-bond donors (Lipinski definition) is 0. The van der Waals surface area contributed by atoms with Crippen LogP contribution in [0, 0.1) is 10.8 Å². The van der Waals surface area contributed by atoms with Gasteiger partial charge in [0, 0.05) is 23.4 Å². The maximum atomic E-state index is 6.39. The predicted molar refractivity (Wildman–Crippen MR) is 140 cm³/mol. The van der Waals surface area contributed by atoms with E-state index in [1.807, 2.05) is 60.9 Å². The molecule has 4 rings (SSSR count). The normalized spacial score (nSPS) is 12.4. The fraction of sp³-hybridized carbons (Fsp3) is 0.290. The molecule has 2 aromatic heterocycles. The van der Waals surface area contributed by atoms with Crippen molar-refractivity contribution in [3.63, 3.8) is 0 Å². The largest absolute Gasteiger partial charge is 0.457 e. The molecule has 0 saturated carbocycles. The number of ether oxygens (including phenoxy) is 1. The first-order chi connectivity index (χ1) is 16.1. The van der Waals surface area contributed by atoms with Crippen LogP contribution in [0.15, 0.2) is 97.3 Å². The van der Waals surface area contributed by atoms with Crippen molar-refractivity contribution in [3.05, 3.63) is 109 Å². The van der Waals surface area contributed by atoms with Crippen molar-refractivity contribution < 1.29 is 4.74 Å². The summed E-state index contributed by atoms with van der Waals surface area (Å²) in [4.78, 5) is 9.34. The Kier molecular flexibility index (Phi) is 6.31. The highest BCUT2D eigenvalue weighted by Gasteiger charge is 2.54. The highest BCUT2D eigenvalue weighted by atomic mass is 16.5. The molecule has 0 bridgehead atoms. The zero-order valence-corrected chi connectivity index (χ0v) is 21.0. The number of aromatic nitrogens is 2. The van der Waals surface area contributed by atoms with Crippen LogP contribution in [0.3, 0.4) is 0 Å². The van der Waals surface area contributed by atoms with E-state index in [0.717, 1.165) is 28.5 Å². The predicted octanol–water partition coefficient (Wildman–Crippen LogP) is 8.31. The number of hydrogen-bond acceptors (Lipinski definition) is 3. The van der Waals surface area contributed by atoms with Crippen LogP contribution in [-0.2, 0) is 5.41 Å². The minimum Gasteiger partial charge on any atom is -0.457 e. The zero-order chi connectivity index (χ0) is 24.4. The summed E-state index contributed by atoms with van der Waals surface area (Å²) in [5.74, 6) is 1.60. The summed E-state index contributed by atoms with van der Waals surface area (Å²) in [6.45, 7) is 13.8. The van der Waals surface area contributed by atoms with Gasteiger partial charge in [-0.05, 0) is 64.9 Å². The van der Waals surface area contributed by atoms with Gasteiger partial charge in [-0.1, -0.05) is 77.9 Å². The highest BCUT2D eigenvalue weighted by molar-refractivity contribution is 5.61. The molecule has 0 spiro atoms. The maximum absolute atomic E-state index is 6.39. The van der Waals surface area contributed by atoms with E-state index < -0.39 is 0 Å². The van der Waals surface area contributed by atoms with E-state index in [4.69, 9.17) is 9.72 Å². The number of rotatable bonds is 5. The molecule has 0 amide bonds. The van der Waals surface area contributed by atoms with E-state index >= 15 is 0 Å². The molecule has 174 valence electrons. The second-order valence-corrected chi connectivity index (χ2v) is 10.8. The molecule has 2 heterocycles. The van der Waals surface area contributed by atoms with Gasteiger partial charge in [-0.3, -0.25) is 9.97 Å². The molecule has 0 aliphatic heterocycles. The van der Waals surface area contributed by atoms with E-state index in [2.05, 4.69) is 82.9 Å². The molecule has 0 radical (unpaired) electrons. The molecule has 4 aromatic rings. The van der Waals surface area contributed by atoms with Crippen LogP contribution in [0.4, 0.5) is 0 Å². The van der Waals surface area contributed by atoms with Crippen LogP contribution in [-0.4, -0.2) is 9.97 Å². The second-order valence-electron chi connectivity index (χ2n) is 10.8. The standard InChI is InChI=1S/C31H34N2O/c1-29(2,3)31(30(4,5)6,28-18-8-10-20-33-28)24-14-12-16-26(22-24)34-25-15-11-13-23(21-25)27-17-7-9-19-32-27/h7-22H,1-6H3. The number of benzene rings is 2. The van der Waals surface area contributed by atoms with E-state index in [9.17, 15) is 0 Å². The fourth-order valence-corrected chi connectivity index (χ4v) is 5.67. The van der Waals surface area contributed by atoms with Gasteiger partial charge >= 0.3 is 0 Å². The maximum Gasteiger partial charge on any atom is 0.128 e. The molecule has 0 fully saturated rings. The van der Waals surface area contributed by atoms with Gasteiger partial charge < -0.3 is 4.74 Å². The quantitative estimate of drug-likeness (QED) is 0.307. The van der Waals surface area contributed by atoms with Crippen LogP contribution in [0.1, 0.15) is 52.8 Å². The lowest BCUT2D eigenvalue weighted by Crippen LogP contribution is -2.51. The SMILES string of the molecule is CC(C)(C)C(c1cccc(Oc2cccc(-c3ccccn3)c2)c1)(c1ccccn1)C(C)(C)C. The lowest BCUT2D eigenvalue weighted by molar-refractivity contribution is 0.0863. The summed E-state index contributed by atoms with van der Waals surface area (Å²) in [7, 11) is 0. The van der Waals surface area contributed by atoms with Crippen molar-refractivity contribution in [3.8, 4) is 22.8 Å². The van der Waals surface area contributed by atoms with Crippen LogP contribution in [0.5, 0.6) is 11.5 Å². The van der Waals surface area contributed by atoms with Crippen LogP contribution in [0.25, 0.3) is 11.3 Å². The minimum atomic E-state index is -0.337. The molecule has 34 heavy (non-hydrogen) atoms. The van der Waals surface area contributed by atoms with Crippen LogP contribution >= 0.6 is 0 Å². The third kappa shape index (κ3) is 4.35. The average molecular weight is 451 g/mol. The van der Waals surface area contributed by atoms with Crippen molar-refractivity contribution >= 4 is 0 Å². The molecule has 0 saturated heterocycles. The Hall–Kier alpha value is -3.46. The third-order valence-corrected chi connectivity index (χ3v) is 6.60. The van der Waals surface area contributed by atoms with Crippen molar-refractivity contribution in [2.24, 2.45) is 10.8 Å². The highest BCUT2D eigenvalue weighted by Crippen LogP contribution is 2.57. The molecular formula is C31H34N2O. The summed E-state index contributed by atoms with van der Waals surface area (Å²) in [5.41, 5.74) is 3.69. The Balaban J connectivity index is 1.79.